The van der Waals surface area contributed by atoms with E-state index in [4.69, 9.17) is 0 Å². The number of hydrogen-bond donors (Lipinski definition) is 3. The summed E-state index contributed by atoms with van der Waals surface area (Å²) in [6, 6.07) is 11.9. The Balaban J connectivity index is 1.72. The highest BCUT2D eigenvalue weighted by molar-refractivity contribution is 7.92. The fourth-order valence-corrected chi connectivity index (χ4v) is 4.33. The SMILES string of the molecule is Cc1ccc(C)c(S(=O)(=O)Nc2ccc(C(=O)NC3CCNC3)cc2)c1. The minimum Gasteiger partial charge on any atom is -0.348 e. The van der Waals surface area contributed by atoms with E-state index >= 15 is 0 Å². The first-order valence-corrected chi connectivity index (χ1v) is 10.1. The molecular formula is C19H23N3O3S. The van der Waals surface area contributed by atoms with Crippen LogP contribution in [0.5, 0.6) is 0 Å². The second-order valence-electron chi connectivity index (χ2n) is 6.61. The number of rotatable bonds is 5. The van der Waals surface area contributed by atoms with Gasteiger partial charge in [-0.25, -0.2) is 8.42 Å². The number of aryl methyl sites for hydroxylation is 2. The Labute approximate surface area is 154 Å². The maximum atomic E-state index is 12.6. The van der Waals surface area contributed by atoms with Crippen LogP contribution in [0.15, 0.2) is 47.4 Å². The van der Waals surface area contributed by atoms with Crippen LogP contribution < -0.4 is 15.4 Å². The van der Waals surface area contributed by atoms with Crippen LogP contribution in [0.2, 0.25) is 0 Å². The Morgan fingerprint density at radius 3 is 2.50 bits per heavy atom. The normalized spacial score (nSPS) is 17.1. The van der Waals surface area contributed by atoms with Crippen molar-refractivity contribution in [2.45, 2.75) is 31.2 Å². The Morgan fingerprint density at radius 2 is 1.85 bits per heavy atom. The van der Waals surface area contributed by atoms with Crippen LogP contribution in [0.1, 0.15) is 27.9 Å². The van der Waals surface area contributed by atoms with Crippen LogP contribution in [-0.2, 0) is 10.0 Å². The smallest absolute Gasteiger partial charge is 0.262 e. The third kappa shape index (κ3) is 4.23. The van der Waals surface area contributed by atoms with Gasteiger partial charge in [-0.2, -0.15) is 0 Å². The van der Waals surface area contributed by atoms with Crippen LogP contribution in [-0.4, -0.2) is 33.5 Å². The summed E-state index contributed by atoms with van der Waals surface area (Å²) in [5.74, 6) is -0.150. The molecule has 1 fully saturated rings. The summed E-state index contributed by atoms with van der Waals surface area (Å²) < 4.78 is 27.8. The monoisotopic (exact) mass is 373 g/mol. The lowest BCUT2D eigenvalue weighted by Gasteiger charge is -2.13. The predicted molar refractivity (Wildman–Crippen MR) is 102 cm³/mol. The van der Waals surface area contributed by atoms with E-state index < -0.39 is 10.0 Å². The van der Waals surface area contributed by atoms with E-state index in [-0.39, 0.29) is 16.8 Å². The minimum absolute atomic E-state index is 0.143. The molecule has 3 N–H and O–H groups in total. The molecule has 1 heterocycles. The molecular weight excluding hydrogens is 350 g/mol. The largest absolute Gasteiger partial charge is 0.348 e. The number of nitrogens with one attached hydrogen (secondary N) is 3. The average Bonchev–Trinajstić information content (AvgIpc) is 3.10. The van der Waals surface area contributed by atoms with Crippen molar-refractivity contribution in [3.63, 3.8) is 0 Å². The van der Waals surface area contributed by atoms with Crippen LogP contribution in [0, 0.1) is 13.8 Å². The third-order valence-corrected chi connectivity index (χ3v) is 5.95. The first-order valence-electron chi connectivity index (χ1n) is 8.57. The molecule has 0 spiro atoms. The van der Waals surface area contributed by atoms with Gasteiger partial charge in [-0.3, -0.25) is 9.52 Å². The predicted octanol–water partition coefficient (Wildman–Crippen LogP) is 2.20. The van der Waals surface area contributed by atoms with Gasteiger partial charge in [-0.15, -0.1) is 0 Å². The molecule has 26 heavy (non-hydrogen) atoms. The van der Waals surface area contributed by atoms with E-state index in [2.05, 4.69) is 15.4 Å². The third-order valence-electron chi connectivity index (χ3n) is 4.43. The van der Waals surface area contributed by atoms with Gasteiger partial charge in [0.2, 0.25) is 0 Å². The Hall–Kier alpha value is -2.38. The van der Waals surface area contributed by atoms with Gasteiger partial charge in [0.1, 0.15) is 0 Å². The van der Waals surface area contributed by atoms with E-state index in [9.17, 15) is 13.2 Å². The van der Waals surface area contributed by atoms with Gasteiger partial charge < -0.3 is 10.6 Å². The van der Waals surface area contributed by atoms with Crippen molar-refractivity contribution in [2.24, 2.45) is 0 Å². The Bertz CT molecular complexity index is 902. The zero-order chi connectivity index (χ0) is 18.7. The molecule has 1 atom stereocenters. The molecule has 0 aromatic heterocycles. The first-order chi connectivity index (χ1) is 12.3. The zero-order valence-electron chi connectivity index (χ0n) is 14.9. The topological polar surface area (TPSA) is 87.3 Å². The van der Waals surface area contributed by atoms with Crippen LogP contribution in [0.25, 0.3) is 0 Å². The highest BCUT2D eigenvalue weighted by Gasteiger charge is 2.19. The second kappa shape index (κ2) is 7.47. The molecule has 0 radical (unpaired) electrons. The second-order valence-corrected chi connectivity index (χ2v) is 8.27. The maximum Gasteiger partial charge on any atom is 0.262 e. The van der Waals surface area contributed by atoms with Crippen molar-refractivity contribution in [3.05, 3.63) is 59.2 Å². The summed E-state index contributed by atoms with van der Waals surface area (Å²) in [4.78, 5) is 12.5. The molecule has 0 aliphatic carbocycles. The van der Waals surface area contributed by atoms with Crippen molar-refractivity contribution in [3.8, 4) is 0 Å². The molecule has 1 saturated heterocycles. The fourth-order valence-electron chi connectivity index (χ4n) is 2.94. The number of carbonyl (C=O) groups is 1. The molecule has 1 amide bonds. The summed E-state index contributed by atoms with van der Waals surface area (Å²) in [7, 11) is -3.68. The van der Waals surface area contributed by atoms with Gasteiger partial charge in [-0.05, 0) is 68.3 Å². The molecule has 7 heteroatoms. The van der Waals surface area contributed by atoms with Crippen molar-refractivity contribution >= 4 is 21.6 Å². The van der Waals surface area contributed by atoms with E-state index in [1.54, 1.807) is 43.3 Å². The van der Waals surface area contributed by atoms with Crippen molar-refractivity contribution in [1.29, 1.82) is 0 Å². The quantitative estimate of drug-likeness (QED) is 0.750. The molecule has 0 bridgehead atoms. The summed E-state index contributed by atoms with van der Waals surface area (Å²) in [5, 5.41) is 6.16. The van der Waals surface area contributed by atoms with Crippen molar-refractivity contribution in [1.82, 2.24) is 10.6 Å². The lowest BCUT2D eigenvalue weighted by molar-refractivity contribution is 0.0940. The lowest BCUT2D eigenvalue weighted by Crippen LogP contribution is -2.36. The van der Waals surface area contributed by atoms with E-state index in [0.717, 1.165) is 25.1 Å². The molecule has 2 aromatic carbocycles. The zero-order valence-corrected chi connectivity index (χ0v) is 15.7. The molecule has 3 rings (SSSR count). The molecule has 1 aliphatic heterocycles. The van der Waals surface area contributed by atoms with Gasteiger partial charge in [0, 0.05) is 23.8 Å². The van der Waals surface area contributed by atoms with Crippen molar-refractivity contribution < 1.29 is 13.2 Å². The van der Waals surface area contributed by atoms with Gasteiger partial charge in [0.25, 0.3) is 15.9 Å². The molecule has 6 nitrogen and oxygen atoms in total. The standard InChI is InChI=1S/C19H23N3O3S/c1-13-3-4-14(2)18(11-13)26(24,25)22-16-7-5-15(6-8-16)19(23)21-17-9-10-20-12-17/h3-8,11,17,20,22H,9-10,12H2,1-2H3,(H,21,23). The molecule has 1 unspecified atom stereocenters. The average molecular weight is 373 g/mol. The van der Waals surface area contributed by atoms with Gasteiger partial charge >= 0.3 is 0 Å². The van der Waals surface area contributed by atoms with Gasteiger partial charge in [-0.1, -0.05) is 12.1 Å². The number of amides is 1. The van der Waals surface area contributed by atoms with E-state index in [0.29, 0.717) is 16.8 Å². The van der Waals surface area contributed by atoms with Crippen LogP contribution >= 0.6 is 0 Å². The van der Waals surface area contributed by atoms with E-state index in [1.165, 1.54) is 0 Å². The Morgan fingerprint density at radius 1 is 1.12 bits per heavy atom. The minimum atomic E-state index is -3.68. The highest BCUT2D eigenvalue weighted by Crippen LogP contribution is 2.21. The van der Waals surface area contributed by atoms with E-state index in [1.807, 2.05) is 13.0 Å². The number of benzene rings is 2. The number of sulfonamides is 1. The van der Waals surface area contributed by atoms with Crippen LogP contribution in [0.3, 0.4) is 0 Å². The van der Waals surface area contributed by atoms with Gasteiger partial charge in [0.15, 0.2) is 0 Å². The number of anilines is 1. The molecule has 0 saturated carbocycles. The lowest BCUT2D eigenvalue weighted by atomic mass is 10.1. The summed E-state index contributed by atoms with van der Waals surface area (Å²) >= 11 is 0. The highest BCUT2D eigenvalue weighted by atomic mass is 32.2. The molecule has 2 aromatic rings. The summed E-state index contributed by atoms with van der Waals surface area (Å²) in [5.41, 5.74) is 2.49. The molecule has 138 valence electrons. The van der Waals surface area contributed by atoms with Gasteiger partial charge in [0.05, 0.1) is 4.90 Å². The number of hydrogen-bond acceptors (Lipinski definition) is 4. The first kappa shape index (κ1) is 18.4. The molecule has 1 aliphatic rings. The van der Waals surface area contributed by atoms with Crippen molar-refractivity contribution in [2.75, 3.05) is 17.8 Å². The maximum absolute atomic E-state index is 12.6. The summed E-state index contributed by atoms with van der Waals surface area (Å²) in [6.07, 6.45) is 0.916. The van der Waals surface area contributed by atoms with Crippen LogP contribution in [0.4, 0.5) is 5.69 Å². The Kier molecular flexibility index (Phi) is 5.29. The number of carbonyl (C=O) groups excluding carboxylic acids is 1. The summed E-state index contributed by atoms with van der Waals surface area (Å²) in [6.45, 7) is 5.30. The fraction of sp³-hybridized carbons (Fsp3) is 0.316.